The quantitative estimate of drug-likeness (QED) is 0.657. The number of rotatable bonds is 3. The molecule has 0 aliphatic rings. The average molecular weight is 251 g/mol. The van der Waals surface area contributed by atoms with Gasteiger partial charge in [0, 0.05) is 23.0 Å². The van der Waals surface area contributed by atoms with Gasteiger partial charge in [-0.3, -0.25) is 4.79 Å². The van der Waals surface area contributed by atoms with Crippen LogP contribution in [0.2, 0.25) is 0 Å². The SMILES string of the molecule is N#[N+]c1cccc(NC(=O)c2ccc(N=[N-])cc2)c1. The minimum atomic E-state index is -0.306. The Morgan fingerprint density at radius 2 is 1.95 bits per heavy atom. The molecule has 0 aromatic heterocycles. The first-order chi connectivity index (χ1) is 9.22. The van der Waals surface area contributed by atoms with Crippen molar-refractivity contribution < 1.29 is 4.79 Å². The molecule has 0 fully saturated rings. The maximum absolute atomic E-state index is 11.9. The molecule has 0 saturated carbocycles. The number of anilines is 1. The summed E-state index contributed by atoms with van der Waals surface area (Å²) in [5.41, 5.74) is 10.2. The second-order valence-electron chi connectivity index (χ2n) is 3.75. The zero-order valence-electron chi connectivity index (χ0n) is 9.82. The normalized spacial score (nSPS) is 9.42. The Morgan fingerprint density at radius 1 is 1.21 bits per heavy atom. The molecule has 0 aliphatic carbocycles. The van der Waals surface area contributed by atoms with E-state index in [0.29, 0.717) is 22.6 Å². The van der Waals surface area contributed by atoms with Gasteiger partial charge in [0.05, 0.1) is 6.07 Å². The number of nitrogens with zero attached hydrogens (tertiary/aromatic N) is 4. The van der Waals surface area contributed by atoms with Gasteiger partial charge >= 0.3 is 5.69 Å². The van der Waals surface area contributed by atoms with Crippen LogP contribution < -0.4 is 5.32 Å². The highest BCUT2D eigenvalue weighted by Crippen LogP contribution is 2.19. The molecule has 6 heteroatoms. The molecule has 1 amide bonds. The second-order valence-corrected chi connectivity index (χ2v) is 3.75. The smallest absolute Gasteiger partial charge is 0.387 e. The number of hydrogen-bond donors (Lipinski definition) is 1. The molecule has 2 rings (SSSR count). The van der Waals surface area contributed by atoms with Crippen molar-refractivity contribution in [3.05, 3.63) is 64.6 Å². The van der Waals surface area contributed by atoms with Crippen LogP contribution in [0.5, 0.6) is 0 Å². The van der Waals surface area contributed by atoms with Crippen molar-refractivity contribution in [2.24, 2.45) is 5.11 Å². The highest BCUT2D eigenvalue weighted by molar-refractivity contribution is 6.04. The van der Waals surface area contributed by atoms with E-state index in [2.05, 4.69) is 15.4 Å². The van der Waals surface area contributed by atoms with Gasteiger partial charge in [-0.1, -0.05) is 6.07 Å². The first-order valence-electron chi connectivity index (χ1n) is 5.44. The molecule has 0 saturated heterocycles. The molecule has 0 heterocycles. The van der Waals surface area contributed by atoms with E-state index in [-0.39, 0.29) is 5.91 Å². The molecule has 92 valence electrons. The molecule has 0 spiro atoms. The molecule has 19 heavy (non-hydrogen) atoms. The van der Waals surface area contributed by atoms with Crippen LogP contribution in [0.4, 0.5) is 17.1 Å². The van der Waals surface area contributed by atoms with Gasteiger partial charge in [0.25, 0.3) is 5.91 Å². The zero-order valence-corrected chi connectivity index (χ0v) is 9.82. The molecule has 0 aliphatic heterocycles. The topological polar surface area (TPSA) is 91.9 Å². The predicted octanol–water partition coefficient (Wildman–Crippen LogP) is 4.08. The number of nitrogens with one attached hydrogen (secondary N) is 1. The molecule has 0 atom stereocenters. The second kappa shape index (κ2) is 5.51. The summed E-state index contributed by atoms with van der Waals surface area (Å²) in [6.45, 7) is 0. The summed E-state index contributed by atoms with van der Waals surface area (Å²) in [4.78, 5) is 15.0. The van der Waals surface area contributed by atoms with Crippen molar-refractivity contribution in [3.63, 3.8) is 0 Å². The molecule has 0 bridgehead atoms. The summed E-state index contributed by atoms with van der Waals surface area (Å²) in [6, 6.07) is 12.6. The lowest BCUT2D eigenvalue weighted by atomic mass is 10.2. The van der Waals surface area contributed by atoms with Gasteiger partial charge < -0.3 is 16.0 Å². The van der Waals surface area contributed by atoms with Gasteiger partial charge in [-0.25, -0.2) is 0 Å². The largest absolute Gasteiger partial charge is 0.706 e. The van der Waals surface area contributed by atoms with Crippen molar-refractivity contribution in [1.82, 2.24) is 0 Å². The fourth-order valence-electron chi connectivity index (χ4n) is 1.53. The Morgan fingerprint density at radius 3 is 2.58 bits per heavy atom. The van der Waals surface area contributed by atoms with E-state index in [1.807, 2.05) is 0 Å². The predicted molar refractivity (Wildman–Crippen MR) is 71.0 cm³/mol. The van der Waals surface area contributed by atoms with Crippen LogP contribution in [0.25, 0.3) is 10.5 Å². The summed E-state index contributed by atoms with van der Waals surface area (Å²) in [5.74, 6) is -0.306. The lowest BCUT2D eigenvalue weighted by Crippen LogP contribution is -2.11. The highest BCUT2D eigenvalue weighted by atomic mass is 16.1. The number of benzene rings is 2. The van der Waals surface area contributed by atoms with Gasteiger partial charge in [-0.05, 0) is 30.3 Å². The molecule has 0 unspecified atom stereocenters. The molecule has 6 nitrogen and oxygen atoms in total. The van der Waals surface area contributed by atoms with Crippen LogP contribution in [0.3, 0.4) is 0 Å². The lowest BCUT2D eigenvalue weighted by Gasteiger charge is -2.04. The molecular weight excluding hydrogens is 242 g/mol. The van der Waals surface area contributed by atoms with Crippen LogP contribution in [-0.4, -0.2) is 5.91 Å². The summed E-state index contributed by atoms with van der Waals surface area (Å²) >= 11 is 0. The van der Waals surface area contributed by atoms with Crippen molar-refractivity contribution in [2.75, 3.05) is 5.32 Å². The average Bonchev–Trinajstić information content (AvgIpc) is 2.47. The van der Waals surface area contributed by atoms with Crippen LogP contribution in [0.1, 0.15) is 10.4 Å². The van der Waals surface area contributed by atoms with Crippen molar-refractivity contribution in [3.8, 4) is 0 Å². The molecular formula is C13H9N5O. The van der Waals surface area contributed by atoms with Crippen LogP contribution >= 0.6 is 0 Å². The fraction of sp³-hybridized carbons (Fsp3) is 0. The number of carbonyl (C=O) groups excluding carboxylic acids is 1. The summed E-state index contributed by atoms with van der Waals surface area (Å²) in [5, 5.41) is 14.3. The Balaban J connectivity index is 2.15. The Kier molecular flexibility index (Phi) is 3.59. The number of hydrogen-bond acceptors (Lipinski definition) is 3. The van der Waals surface area contributed by atoms with E-state index in [4.69, 9.17) is 10.9 Å². The highest BCUT2D eigenvalue weighted by Gasteiger charge is 2.09. The summed E-state index contributed by atoms with van der Waals surface area (Å²) in [7, 11) is 0. The minimum absolute atomic E-state index is 0.306. The molecule has 2 aromatic rings. The van der Waals surface area contributed by atoms with E-state index in [9.17, 15) is 4.79 Å². The molecule has 0 radical (unpaired) electrons. The summed E-state index contributed by atoms with van der Waals surface area (Å²) < 4.78 is 0. The van der Waals surface area contributed by atoms with Gasteiger partial charge in [0.2, 0.25) is 5.39 Å². The number of amides is 1. The standard InChI is InChI=1S/C13H9N5O/c14-17-10-6-4-9(5-7-10)13(19)16-11-2-1-3-12(8-11)18-15/h1-8H,(H,16,19). The van der Waals surface area contributed by atoms with Gasteiger partial charge in [-0.15, -0.1) is 0 Å². The maximum Gasteiger partial charge on any atom is 0.387 e. The van der Waals surface area contributed by atoms with Gasteiger partial charge in [0.15, 0.2) is 4.98 Å². The van der Waals surface area contributed by atoms with Crippen molar-refractivity contribution in [2.45, 2.75) is 0 Å². The summed E-state index contributed by atoms with van der Waals surface area (Å²) in [6.07, 6.45) is 0. The number of diazo groups is 1. The van der Waals surface area contributed by atoms with Crippen LogP contribution in [-0.2, 0) is 0 Å². The Labute approximate surface area is 109 Å². The van der Waals surface area contributed by atoms with E-state index < -0.39 is 0 Å². The van der Waals surface area contributed by atoms with Gasteiger partial charge in [-0.2, -0.15) is 0 Å². The first kappa shape index (κ1) is 12.4. The molecule has 2 aromatic carbocycles. The third-order valence-corrected chi connectivity index (χ3v) is 2.46. The molecule has 1 N–H and O–H groups in total. The van der Waals surface area contributed by atoms with E-state index in [0.717, 1.165) is 0 Å². The minimum Gasteiger partial charge on any atom is -0.706 e. The van der Waals surface area contributed by atoms with E-state index in [1.165, 1.54) is 18.2 Å². The van der Waals surface area contributed by atoms with Gasteiger partial charge in [0.1, 0.15) is 0 Å². The fourth-order valence-corrected chi connectivity index (χ4v) is 1.53. The van der Waals surface area contributed by atoms with Crippen molar-refractivity contribution in [1.29, 1.82) is 5.39 Å². The third kappa shape index (κ3) is 2.98. The Hall–Kier alpha value is -3.07. The third-order valence-electron chi connectivity index (χ3n) is 2.46. The Bertz CT molecular complexity index is 657. The van der Waals surface area contributed by atoms with Crippen LogP contribution in [0.15, 0.2) is 53.6 Å². The lowest BCUT2D eigenvalue weighted by molar-refractivity contribution is 0.102. The van der Waals surface area contributed by atoms with Crippen LogP contribution in [0, 0.1) is 5.39 Å². The number of carbonyl (C=O) groups is 1. The van der Waals surface area contributed by atoms with Crippen molar-refractivity contribution >= 4 is 23.0 Å². The monoisotopic (exact) mass is 251 g/mol. The zero-order chi connectivity index (χ0) is 13.7. The maximum atomic E-state index is 11.9. The van der Waals surface area contributed by atoms with E-state index >= 15 is 0 Å². The van der Waals surface area contributed by atoms with E-state index in [1.54, 1.807) is 30.3 Å². The first-order valence-corrected chi connectivity index (χ1v) is 5.44.